The summed E-state index contributed by atoms with van der Waals surface area (Å²) in [6, 6.07) is 15.0. The Bertz CT molecular complexity index is 1220. The number of aromatic nitrogens is 7. The molecule has 0 saturated carbocycles. The molecule has 0 radical (unpaired) electrons. The summed E-state index contributed by atoms with van der Waals surface area (Å²) in [5, 5.41) is 19.8. The Labute approximate surface area is 194 Å². The van der Waals surface area contributed by atoms with Gasteiger partial charge in [0.25, 0.3) is 0 Å². The highest BCUT2D eigenvalue weighted by Crippen LogP contribution is 2.24. The van der Waals surface area contributed by atoms with E-state index in [4.69, 9.17) is 11.6 Å². The van der Waals surface area contributed by atoms with Crippen LogP contribution in [-0.2, 0) is 4.79 Å². The molecule has 33 heavy (non-hydrogen) atoms. The second kappa shape index (κ2) is 9.35. The number of anilines is 2. The third-order valence-corrected chi connectivity index (χ3v) is 5.61. The fraction of sp³-hybridized carbons (Fsp3) is 0.238. The van der Waals surface area contributed by atoms with Crippen LogP contribution >= 0.6 is 11.6 Å². The first-order chi connectivity index (χ1) is 16.2. The number of halogens is 1. The van der Waals surface area contributed by atoms with Crippen molar-refractivity contribution in [3.05, 3.63) is 66.2 Å². The Kier molecular flexibility index (Phi) is 5.96. The number of hydrogen-bond acceptors (Lipinski definition) is 8. The molecule has 11 nitrogen and oxygen atoms in total. The van der Waals surface area contributed by atoms with E-state index in [-0.39, 0.29) is 12.5 Å². The maximum Gasteiger partial charge on any atom is 0.250 e. The van der Waals surface area contributed by atoms with Gasteiger partial charge in [-0.15, -0.1) is 0 Å². The molecule has 2 aromatic heterocycles. The first-order valence-electron chi connectivity index (χ1n) is 10.4. The second-order valence-electron chi connectivity index (χ2n) is 7.54. The van der Waals surface area contributed by atoms with Crippen molar-refractivity contribution in [1.29, 1.82) is 0 Å². The Hall–Kier alpha value is -3.83. The summed E-state index contributed by atoms with van der Waals surface area (Å²) in [7, 11) is 0. The van der Waals surface area contributed by atoms with Crippen LogP contribution in [0.15, 0.2) is 61.2 Å². The lowest BCUT2D eigenvalue weighted by Crippen LogP contribution is -2.49. The van der Waals surface area contributed by atoms with E-state index in [1.54, 1.807) is 33.9 Å². The van der Waals surface area contributed by atoms with Crippen molar-refractivity contribution in [3.63, 3.8) is 0 Å². The summed E-state index contributed by atoms with van der Waals surface area (Å²) in [5.74, 6) is 0.572. The molecule has 0 aliphatic carbocycles. The van der Waals surface area contributed by atoms with Crippen molar-refractivity contribution in [2.75, 3.05) is 42.9 Å². The second-order valence-corrected chi connectivity index (χ2v) is 7.98. The van der Waals surface area contributed by atoms with Crippen molar-refractivity contribution in [1.82, 2.24) is 39.9 Å². The zero-order valence-electron chi connectivity index (χ0n) is 17.6. The Morgan fingerprint density at radius 1 is 1.06 bits per heavy atom. The van der Waals surface area contributed by atoms with Gasteiger partial charge in [-0.2, -0.15) is 9.78 Å². The molecule has 1 aliphatic rings. The molecule has 1 aliphatic heterocycles. The average Bonchev–Trinajstić information content (AvgIpc) is 3.53. The minimum atomic E-state index is -0.124. The number of amides is 1. The lowest BCUT2D eigenvalue weighted by Gasteiger charge is -2.34. The number of rotatable bonds is 6. The molecule has 3 heterocycles. The average molecular weight is 465 g/mol. The first kappa shape index (κ1) is 21.0. The number of nitrogens with zero attached hydrogens (tertiary/aromatic N) is 9. The number of para-hydroxylation sites is 1. The van der Waals surface area contributed by atoms with Crippen LogP contribution in [0.3, 0.4) is 0 Å². The predicted molar refractivity (Wildman–Crippen MR) is 123 cm³/mol. The summed E-state index contributed by atoms with van der Waals surface area (Å²) >= 11 is 6.14. The summed E-state index contributed by atoms with van der Waals surface area (Å²) in [6.07, 6.45) is 3.01. The van der Waals surface area contributed by atoms with E-state index in [1.807, 2.05) is 30.3 Å². The van der Waals surface area contributed by atoms with Gasteiger partial charge >= 0.3 is 0 Å². The van der Waals surface area contributed by atoms with Crippen molar-refractivity contribution in [3.8, 4) is 11.4 Å². The third-order valence-electron chi connectivity index (χ3n) is 5.37. The number of hydrogen-bond donors (Lipinski definition) is 1. The quantitative estimate of drug-likeness (QED) is 0.458. The highest BCUT2D eigenvalue weighted by Gasteiger charge is 2.23. The van der Waals surface area contributed by atoms with Crippen LogP contribution in [0.1, 0.15) is 0 Å². The summed E-state index contributed by atoms with van der Waals surface area (Å²) in [6.45, 7) is 3.10. The fourth-order valence-electron chi connectivity index (χ4n) is 3.76. The predicted octanol–water partition coefficient (Wildman–Crippen LogP) is 1.66. The molecule has 1 fully saturated rings. The molecule has 5 rings (SSSR count). The van der Waals surface area contributed by atoms with Gasteiger partial charge in [-0.1, -0.05) is 34.9 Å². The van der Waals surface area contributed by atoms with Gasteiger partial charge in [0.15, 0.2) is 0 Å². The fourth-order valence-corrected chi connectivity index (χ4v) is 3.93. The van der Waals surface area contributed by atoms with Gasteiger partial charge in [-0.05, 0) is 40.8 Å². The summed E-state index contributed by atoms with van der Waals surface area (Å²) in [4.78, 5) is 21.0. The van der Waals surface area contributed by atoms with E-state index in [0.717, 1.165) is 5.69 Å². The number of benzene rings is 2. The molecule has 1 saturated heterocycles. The van der Waals surface area contributed by atoms with Crippen LogP contribution in [0.5, 0.6) is 0 Å². The van der Waals surface area contributed by atoms with Gasteiger partial charge in [-0.3, -0.25) is 9.69 Å². The standard InChI is InChI=1S/C21H21ClN10O/c22-16-6-7-19(31-15-23-14-24-31)18(12-16)25-20(33)13-29-8-10-30(11-9-29)21-26-27-28-32(21)17-4-2-1-3-5-17/h1-7,12,14-15H,8-11,13H2,(H,25,33). The third kappa shape index (κ3) is 4.69. The van der Waals surface area contributed by atoms with E-state index >= 15 is 0 Å². The van der Waals surface area contributed by atoms with E-state index in [0.29, 0.717) is 48.5 Å². The molecule has 168 valence electrons. The van der Waals surface area contributed by atoms with E-state index in [1.165, 1.54) is 6.33 Å². The minimum Gasteiger partial charge on any atom is -0.337 e. The van der Waals surface area contributed by atoms with Crippen molar-refractivity contribution in [2.24, 2.45) is 0 Å². The minimum absolute atomic E-state index is 0.124. The molecule has 0 spiro atoms. The maximum atomic E-state index is 12.8. The van der Waals surface area contributed by atoms with E-state index < -0.39 is 0 Å². The van der Waals surface area contributed by atoms with Crippen molar-refractivity contribution < 1.29 is 4.79 Å². The normalized spacial score (nSPS) is 14.4. The molecule has 1 N–H and O–H groups in total. The number of carbonyl (C=O) groups excluding carboxylic acids is 1. The smallest absolute Gasteiger partial charge is 0.250 e. The Balaban J connectivity index is 1.21. The van der Waals surface area contributed by atoms with E-state index in [2.05, 4.69) is 40.7 Å². The SMILES string of the molecule is O=C(CN1CCN(c2nnnn2-c2ccccc2)CC1)Nc1cc(Cl)ccc1-n1cncn1. The van der Waals surface area contributed by atoms with Gasteiger partial charge in [0, 0.05) is 31.2 Å². The van der Waals surface area contributed by atoms with Crippen LogP contribution < -0.4 is 10.2 Å². The highest BCUT2D eigenvalue weighted by atomic mass is 35.5. The molecule has 2 aromatic carbocycles. The van der Waals surface area contributed by atoms with Crippen LogP contribution in [0.2, 0.25) is 5.02 Å². The maximum absolute atomic E-state index is 12.8. The Morgan fingerprint density at radius 3 is 2.64 bits per heavy atom. The number of nitrogens with one attached hydrogen (secondary N) is 1. The molecule has 12 heteroatoms. The summed E-state index contributed by atoms with van der Waals surface area (Å²) in [5.41, 5.74) is 2.19. The van der Waals surface area contributed by atoms with Crippen molar-refractivity contribution in [2.45, 2.75) is 0 Å². The van der Waals surface area contributed by atoms with Gasteiger partial charge in [0.05, 0.1) is 23.6 Å². The first-order valence-corrected chi connectivity index (χ1v) is 10.8. The van der Waals surface area contributed by atoms with Gasteiger partial charge in [0.2, 0.25) is 11.9 Å². The Morgan fingerprint density at radius 2 is 1.88 bits per heavy atom. The number of carbonyl (C=O) groups is 1. The molecular weight excluding hydrogens is 444 g/mol. The topological polar surface area (TPSA) is 110 Å². The lowest BCUT2D eigenvalue weighted by atomic mass is 10.2. The monoisotopic (exact) mass is 464 g/mol. The number of piperazine rings is 1. The van der Waals surface area contributed by atoms with Crippen LogP contribution in [0.4, 0.5) is 11.6 Å². The van der Waals surface area contributed by atoms with Gasteiger partial charge in [0.1, 0.15) is 12.7 Å². The molecule has 1 amide bonds. The summed E-state index contributed by atoms with van der Waals surface area (Å²) < 4.78 is 3.31. The molecule has 4 aromatic rings. The van der Waals surface area contributed by atoms with E-state index in [9.17, 15) is 4.79 Å². The molecule has 0 atom stereocenters. The van der Waals surface area contributed by atoms with Gasteiger partial charge < -0.3 is 10.2 Å². The van der Waals surface area contributed by atoms with Crippen LogP contribution in [0, 0.1) is 0 Å². The zero-order valence-corrected chi connectivity index (χ0v) is 18.4. The van der Waals surface area contributed by atoms with Gasteiger partial charge in [-0.25, -0.2) is 9.67 Å². The largest absolute Gasteiger partial charge is 0.337 e. The van der Waals surface area contributed by atoms with Crippen LogP contribution in [-0.4, -0.2) is 78.5 Å². The van der Waals surface area contributed by atoms with Crippen LogP contribution in [0.25, 0.3) is 11.4 Å². The van der Waals surface area contributed by atoms with Crippen molar-refractivity contribution >= 4 is 29.1 Å². The lowest BCUT2D eigenvalue weighted by molar-refractivity contribution is -0.117. The highest BCUT2D eigenvalue weighted by molar-refractivity contribution is 6.31. The zero-order chi connectivity index (χ0) is 22.6. The molecule has 0 unspecified atom stereocenters. The molecular formula is C21H21ClN10O. The number of tetrazole rings is 1. The molecule has 0 bridgehead atoms.